The minimum Gasteiger partial charge on any atom is -0.454 e. The first kappa shape index (κ1) is 21.2. The summed E-state index contributed by atoms with van der Waals surface area (Å²) in [5.41, 5.74) is 3.67. The molecular formula is C29H20O5. The van der Waals surface area contributed by atoms with Crippen LogP contribution in [0.3, 0.4) is 0 Å². The van der Waals surface area contributed by atoms with Gasteiger partial charge in [0.15, 0.2) is 17.3 Å². The molecule has 0 saturated heterocycles. The third kappa shape index (κ3) is 4.59. The molecular weight excluding hydrogens is 428 g/mol. The fourth-order valence-corrected chi connectivity index (χ4v) is 3.61. The second-order valence-corrected chi connectivity index (χ2v) is 7.64. The van der Waals surface area contributed by atoms with Crippen molar-refractivity contribution in [2.45, 2.75) is 0 Å². The smallest absolute Gasteiger partial charge is 0.343 e. The molecule has 0 aromatic heterocycles. The van der Waals surface area contributed by atoms with Gasteiger partial charge in [-0.3, -0.25) is 4.79 Å². The van der Waals surface area contributed by atoms with Crippen LogP contribution in [0.2, 0.25) is 0 Å². The predicted octanol–water partition coefficient (Wildman–Crippen LogP) is 6.20. The third-order valence-corrected chi connectivity index (χ3v) is 5.42. The van der Waals surface area contributed by atoms with Crippen molar-refractivity contribution in [2.24, 2.45) is 0 Å². The molecule has 5 heteroatoms. The molecule has 0 radical (unpaired) electrons. The molecule has 0 unspecified atom stereocenters. The molecule has 0 spiro atoms. The van der Waals surface area contributed by atoms with Gasteiger partial charge in [-0.15, -0.1) is 0 Å². The molecule has 34 heavy (non-hydrogen) atoms. The van der Waals surface area contributed by atoms with Gasteiger partial charge in [0.25, 0.3) is 0 Å². The number of carbonyl (C=O) groups is 2. The van der Waals surface area contributed by atoms with Gasteiger partial charge in [-0.1, -0.05) is 72.8 Å². The number of para-hydroxylation sites is 1. The zero-order valence-electron chi connectivity index (χ0n) is 18.1. The topological polar surface area (TPSA) is 61.8 Å². The molecule has 0 fully saturated rings. The Hall–Kier alpha value is -4.64. The summed E-state index contributed by atoms with van der Waals surface area (Å²) in [6.45, 7) is 0.129. The van der Waals surface area contributed by atoms with E-state index < -0.39 is 5.97 Å². The number of allylic oxidation sites excluding steroid dienone is 1. The fourth-order valence-electron chi connectivity index (χ4n) is 3.61. The van der Waals surface area contributed by atoms with Crippen molar-refractivity contribution in [3.63, 3.8) is 0 Å². The fraction of sp³-hybridized carbons (Fsp3) is 0.0345. The van der Waals surface area contributed by atoms with Gasteiger partial charge in [0.05, 0.1) is 5.56 Å². The summed E-state index contributed by atoms with van der Waals surface area (Å²) < 4.78 is 16.2. The number of hydrogen-bond donors (Lipinski definition) is 0. The molecule has 0 saturated carbocycles. The van der Waals surface area contributed by atoms with E-state index in [2.05, 4.69) is 0 Å². The lowest BCUT2D eigenvalue weighted by Crippen LogP contribution is -2.09. The van der Waals surface area contributed by atoms with Crippen molar-refractivity contribution in [3.05, 3.63) is 120 Å². The number of esters is 1. The van der Waals surface area contributed by atoms with Crippen LogP contribution < -0.4 is 14.2 Å². The maximum atomic E-state index is 12.7. The van der Waals surface area contributed by atoms with Crippen LogP contribution in [0.25, 0.3) is 17.2 Å². The molecule has 0 bridgehead atoms. The van der Waals surface area contributed by atoms with Gasteiger partial charge in [0.2, 0.25) is 6.79 Å². The second kappa shape index (κ2) is 9.46. The SMILES string of the molecule is O=C(C=Cc1ccccc1OC(=O)c1ccc2c(c1)OCO2)c1ccc(-c2ccccc2)cc1. The van der Waals surface area contributed by atoms with Crippen LogP contribution >= 0.6 is 0 Å². The standard InChI is InChI=1S/C29H20O5/c30-25(22-12-10-21(11-13-22)20-6-2-1-3-7-20)16-14-23-8-4-5-9-26(23)34-29(31)24-15-17-27-28(18-24)33-19-32-27/h1-18H,19H2. The highest BCUT2D eigenvalue weighted by Gasteiger charge is 2.18. The van der Waals surface area contributed by atoms with Gasteiger partial charge in [-0.25, -0.2) is 4.79 Å². The van der Waals surface area contributed by atoms with Crippen molar-refractivity contribution < 1.29 is 23.8 Å². The molecule has 1 heterocycles. The molecule has 4 aromatic carbocycles. The van der Waals surface area contributed by atoms with E-state index in [0.717, 1.165) is 11.1 Å². The largest absolute Gasteiger partial charge is 0.454 e. The Labute approximate surface area is 196 Å². The Balaban J connectivity index is 1.30. The number of fused-ring (bicyclic) bond motifs is 1. The highest BCUT2D eigenvalue weighted by molar-refractivity contribution is 6.07. The summed E-state index contributed by atoms with van der Waals surface area (Å²) in [6.07, 6.45) is 3.13. The van der Waals surface area contributed by atoms with Crippen LogP contribution in [0.4, 0.5) is 0 Å². The van der Waals surface area contributed by atoms with E-state index in [-0.39, 0.29) is 12.6 Å². The number of rotatable bonds is 6. The van der Waals surface area contributed by atoms with E-state index in [1.807, 2.05) is 48.5 Å². The molecule has 0 atom stereocenters. The Kier molecular flexibility index (Phi) is 5.91. The summed E-state index contributed by atoms with van der Waals surface area (Å²) in [6, 6.07) is 29.4. The number of ether oxygens (including phenoxy) is 3. The molecule has 0 aliphatic carbocycles. The molecule has 4 aromatic rings. The first-order valence-corrected chi connectivity index (χ1v) is 10.8. The quantitative estimate of drug-likeness (QED) is 0.152. The van der Waals surface area contributed by atoms with Crippen LogP contribution in [0.1, 0.15) is 26.3 Å². The zero-order valence-corrected chi connectivity index (χ0v) is 18.1. The number of benzene rings is 4. The minimum atomic E-state index is -0.526. The number of ketones is 1. The summed E-state index contributed by atoms with van der Waals surface area (Å²) in [5, 5.41) is 0. The van der Waals surface area contributed by atoms with Crippen molar-refractivity contribution in [2.75, 3.05) is 6.79 Å². The Morgan fingerprint density at radius 1 is 0.706 bits per heavy atom. The molecule has 5 rings (SSSR count). The first-order valence-electron chi connectivity index (χ1n) is 10.8. The second-order valence-electron chi connectivity index (χ2n) is 7.64. The van der Waals surface area contributed by atoms with Crippen LogP contribution in [0.15, 0.2) is 103 Å². The van der Waals surface area contributed by atoms with Gasteiger partial charge >= 0.3 is 5.97 Å². The lowest BCUT2D eigenvalue weighted by molar-refractivity contribution is 0.0733. The van der Waals surface area contributed by atoms with E-state index in [1.165, 1.54) is 6.08 Å². The Bertz CT molecular complexity index is 1370. The molecule has 0 amide bonds. The molecule has 5 nitrogen and oxygen atoms in total. The number of hydrogen-bond acceptors (Lipinski definition) is 5. The van der Waals surface area contributed by atoms with E-state index in [9.17, 15) is 9.59 Å². The lowest BCUT2D eigenvalue weighted by Gasteiger charge is -2.08. The maximum Gasteiger partial charge on any atom is 0.343 e. The summed E-state index contributed by atoms with van der Waals surface area (Å²) >= 11 is 0. The maximum absolute atomic E-state index is 12.7. The minimum absolute atomic E-state index is 0.129. The van der Waals surface area contributed by atoms with Gasteiger partial charge in [-0.05, 0) is 47.5 Å². The normalized spacial score (nSPS) is 12.0. The monoisotopic (exact) mass is 448 g/mol. The summed E-state index contributed by atoms with van der Waals surface area (Å²) in [5.74, 6) is 0.786. The lowest BCUT2D eigenvalue weighted by atomic mass is 10.0. The van der Waals surface area contributed by atoms with E-state index >= 15 is 0 Å². The Morgan fingerprint density at radius 3 is 2.21 bits per heavy atom. The first-order chi connectivity index (χ1) is 16.7. The van der Waals surface area contributed by atoms with Crippen molar-refractivity contribution in [1.29, 1.82) is 0 Å². The summed E-state index contributed by atoms with van der Waals surface area (Å²) in [7, 11) is 0. The highest BCUT2D eigenvalue weighted by Crippen LogP contribution is 2.33. The van der Waals surface area contributed by atoms with Crippen molar-refractivity contribution in [1.82, 2.24) is 0 Å². The van der Waals surface area contributed by atoms with Crippen LogP contribution in [0, 0.1) is 0 Å². The van der Waals surface area contributed by atoms with Crippen molar-refractivity contribution in [3.8, 4) is 28.4 Å². The number of carbonyl (C=O) groups excluding carboxylic acids is 2. The van der Waals surface area contributed by atoms with Gasteiger partial charge < -0.3 is 14.2 Å². The zero-order chi connectivity index (χ0) is 23.3. The van der Waals surface area contributed by atoms with Gasteiger partial charge in [0, 0.05) is 11.1 Å². The van der Waals surface area contributed by atoms with Gasteiger partial charge in [-0.2, -0.15) is 0 Å². The molecule has 1 aliphatic heterocycles. The van der Waals surface area contributed by atoms with E-state index in [1.54, 1.807) is 54.6 Å². The summed E-state index contributed by atoms with van der Waals surface area (Å²) in [4.78, 5) is 25.4. The van der Waals surface area contributed by atoms with Crippen LogP contribution in [0.5, 0.6) is 17.2 Å². The highest BCUT2D eigenvalue weighted by atomic mass is 16.7. The molecule has 166 valence electrons. The molecule has 1 aliphatic rings. The molecule has 0 N–H and O–H groups in total. The average Bonchev–Trinajstić information content (AvgIpc) is 3.37. The van der Waals surface area contributed by atoms with Crippen molar-refractivity contribution >= 4 is 17.8 Å². The van der Waals surface area contributed by atoms with Gasteiger partial charge in [0.1, 0.15) is 5.75 Å². The van der Waals surface area contributed by atoms with Crippen LogP contribution in [-0.2, 0) is 0 Å². The average molecular weight is 448 g/mol. The Morgan fingerprint density at radius 2 is 1.38 bits per heavy atom. The third-order valence-electron chi connectivity index (χ3n) is 5.42. The predicted molar refractivity (Wildman–Crippen MR) is 129 cm³/mol. The van der Waals surface area contributed by atoms with E-state index in [0.29, 0.717) is 33.9 Å². The van der Waals surface area contributed by atoms with E-state index in [4.69, 9.17) is 14.2 Å². The van der Waals surface area contributed by atoms with Crippen LogP contribution in [-0.4, -0.2) is 18.5 Å².